The van der Waals surface area contributed by atoms with Crippen molar-refractivity contribution in [3.05, 3.63) is 29.7 Å². The van der Waals surface area contributed by atoms with Gasteiger partial charge in [-0.05, 0) is 37.5 Å². The fourth-order valence-electron chi connectivity index (χ4n) is 2.82. The van der Waals surface area contributed by atoms with Crippen molar-refractivity contribution in [1.29, 1.82) is 0 Å². The molecule has 1 aromatic heterocycles. The van der Waals surface area contributed by atoms with E-state index in [4.69, 9.17) is 10.2 Å². The second-order valence-corrected chi connectivity index (χ2v) is 5.18. The second kappa shape index (κ2) is 3.84. The quantitative estimate of drug-likeness (QED) is 0.863. The molecule has 0 atom stereocenters. The highest BCUT2D eigenvalue weighted by Gasteiger charge is 2.38. The fourth-order valence-corrected chi connectivity index (χ4v) is 2.82. The summed E-state index contributed by atoms with van der Waals surface area (Å²) >= 11 is 0. The van der Waals surface area contributed by atoms with Crippen molar-refractivity contribution in [3.8, 4) is 0 Å². The van der Waals surface area contributed by atoms with E-state index in [-0.39, 0.29) is 5.41 Å². The summed E-state index contributed by atoms with van der Waals surface area (Å²) in [6, 6.07) is 6.14. The van der Waals surface area contributed by atoms with Crippen LogP contribution in [0.2, 0.25) is 0 Å². The van der Waals surface area contributed by atoms with Crippen molar-refractivity contribution in [3.63, 3.8) is 0 Å². The van der Waals surface area contributed by atoms with Crippen LogP contribution in [-0.2, 0) is 5.41 Å². The minimum atomic E-state index is -0.00702. The van der Waals surface area contributed by atoms with Crippen LogP contribution in [-0.4, -0.2) is 11.5 Å². The summed E-state index contributed by atoms with van der Waals surface area (Å²) in [5.41, 5.74) is 8.99. The number of nitrogens with two attached hydrogens (primary N) is 1. The number of hydrogen-bond acceptors (Lipinski definition) is 3. The maximum absolute atomic E-state index is 5.95. The minimum absolute atomic E-state index is 0.00702. The molecule has 3 heteroatoms. The highest BCUT2D eigenvalue weighted by molar-refractivity contribution is 5.73. The van der Waals surface area contributed by atoms with Gasteiger partial charge in [0.25, 0.3) is 0 Å². The van der Waals surface area contributed by atoms with Crippen LogP contribution in [0.3, 0.4) is 0 Å². The van der Waals surface area contributed by atoms with Gasteiger partial charge in [0.1, 0.15) is 5.52 Å². The number of oxazole rings is 1. The Balaban J connectivity index is 2.11. The molecule has 2 aromatic rings. The van der Waals surface area contributed by atoms with E-state index in [1.54, 1.807) is 0 Å². The van der Waals surface area contributed by atoms with Gasteiger partial charge in [-0.25, -0.2) is 4.98 Å². The topological polar surface area (TPSA) is 52.0 Å². The average molecular weight is 230 g/mol. The smallest absolute Gasteiger partial charge is 0.202 e. The molecule has 3 rings (SSSR count). The maximum atomic E-state index is 5.95. The molecule has 1 saturated carbocycles. The Morgan fingerprint density at radius 2 is 2.12 bits per heavy atom. The number of aromatic nitrogens is 1. The first-order valence-electron chi connectivity index (χ1n) is 6.31. The lowest BCUT2D eigenvalue weighted by molar-refractivity contribution is 0.344. The van der Waals surface area contributed by atoms with Gasteiger partial charge in [0.15, 0.2) is 5.58 Å². The van der Waals surface area contributed by atoms with Crippen LogP contribution in [0.4, 0.5) is 0 Å². The Kier molecular flexibility index (Phi) is 2.44. The molecule has 1 aliphatic rings. The molecule has 0 bridgehead atoms. The van der Waals surface area contributed by atoms with Crippen LogP contribution in [0.1, 0.15) is 37.1 Å². The van der Waals surface area contributed by atoms with Gasteiger partial charge >= 0.3 is 0 Å². The van der Waals surface area contributed by atoms with Gasteiger partial charge in [0.05, 0.1) is 5.41 Å². The van der Waals surface area contributed by atoms with Crippen molar-refractivity contribution in [2.75, 3.05) is 6.54 Å². The monoisotopic (exact) mass is 230 g/mol. The lowest BCUT2D eigenvalue weighted by Gasteiger charge is -2.22. The van der Waals surface area contributed by atoms with Crippen LogP contribution < -0.4 is 5.73 Å². The van der Waals surface area contributed by atoms with Crippen molar-refractivity contribution in [1.82, 2.24) is 4.98 Å². The Morgan fingerprint density at radius 3 is 2.82 bits per heavy atom. The van der Waals surface area contributed by atoms with E-state index in [2.05, 4.69) is 18.0 Å². The Labute approximate surface area is 101 Å². The molecular weight excluding hydrogens is 212 g/mol. The van der Waals surface area contributed by atoms with Gasteiger partial charge in [-0.1, -0.05) is 18.9 Å². The molecule has 0 aliphatic heterocycles. The Bertz CT molecular complexity index is 538. The average Bonchev–Trinajstić information content (AvgIpc) is 2.94. The number of rotatable bonds is 2. The molecule has 0 saturated heterocycles. The maximum Gasteiger partial charge on any atom is 0.202 e. The number of benzene rings is 1. The molecule has 1 aliphatic carbocycles. The van der Waals surface area contributed by atoms with E-state index in [1.807, 2.05) is 12.1 Å². The van der Waals surface area contributed by atoms with Crippen LogP contribution in [0, 0.1) is 6.92 Å². The first-order chi connectivity index (χ1) is 8.23. The summed E-state index contributed by atoms with van der Waals surface area (Å²) in [5.74, 6) is 0.845. The predicted molar refractivity (Wildman–Crippen MR) is 67.9 cm³/mol. The number of aryl methyl sites for hydroxylation is 1. The molecule has 3 nitrogen and oxygen atoms in total. The summed E-state index contributed by atoms with van der Waals surface area (Å²) < 4.78 is 5.94. The molecule has 1 fully saturated rings. The summed E-state index contributed by atoms with van der Waals surface area (Å²) in [6.07, 6.45) is 4.68. The van der Waals surface area contributed by atoms with E-state index >= 15 is 0 Å². The zero-order valence-electron chi connectivity index (χ0n) is 10.2. The van der Waals surface area contributed by atoms with Gasteiger partial charge in [0.2, 0.25) is 5.89 Å². The Morgan fingerprint density at radius 1 is 1.35 bits per heavy atom. The normalized spacial score (nSPS) is 18.9. The minimum Gasteiger partial charge on any atom is -0.440 e. The molecule has 1 heterocycles. The SMILES string of the molecule is Cc1ccc2nc(C3(CN)CCCC3)oc2c1. The first-order valence-corrected chi connectivity index (χ1v) is 6.31. The Hall–Kier alpha value is -1.35. The van der Waals surface area contributed by atoms with Gasteiger partial charge in [0, 0.05) is 6.54 Å². The zero-order valence-corrected chi connectivity index (χ0v) is 10.2. The van der Waals surface area contributed by atoms with Gasteiger partial charge < -0.3 is 10.2 Å². The number of hydrogen-bond donors (Lipinski definition) is 1. The van der Waals surface area contributed by atoms with Crippen LogP contribution in [0.5, 0.6) is 0 Å². The molecule has 0 radical (unpaired) electrons. The van der Waals surface area contributed by atoms with E-state index in [0.717, 1.165) is 29.8 Å². The first kappa shape index (κ1) is 10.8. The molecule has 90 valence electrons. The van der Waals surface area contributed by atoms with E-state index in [1.165, 1.54) is 18.4 Å². The van der Waals surface area contributed by atoms with Crippen LogP contribution in [0.15, 0.2) is 22.6 Å². The van der Waals surface area contributed by atoms with Crippen LogP contribution in [0.25, 0.3) is 11.1 Å². The lowest BCUT2D eigenvalue weighted by Crippen LogP contribution is -2.32. The number of fused-ring (bicyclic) bond motifs is 1. The van der Waals surface area contributed by atoms with Crippen molar-refractivity contribution in [2.45, 2.75) is 38.0 Å². The molecule has 0 spiro atoms. The predicted octanol–water partition coefficient (Wildman–Crippen LogP) is 2.91. The van der Waals surface area contributed by atoms with Crippen molar-refractivity contribution >= 4 is 11.1 Å². The molecule has 2 N–H and O–H groups in total. The third-order valence-electron chi connectivity index (χ3n) is 3.95. The molecule has 17 heavy (non-hydrogen) atoms. The summed E-state index contributed by atoms with van der Waals surface area (Å²) in [5, 5.41) is 0. The highest BCUT2D eigenvalue weighted by atomic mass is 16.3. The summed E-state index contributed by atoms with van der Waals surface area (Å²) in [6.45, 7) is 2.70. The van der Waals surface area contributed by atoms with E-state index < -0.39 is 0 Å². The third kappa shape index (κ3) is 1.65. The van der Waals surface area contributed by atoms with Crippen molar-refractivity contribution in [2.24, 2.45) is 5.73 Å². The van der Waals surface area contributed by atoms with E-state index in [0.29, 0.717) is 6.54 Å². The molecule has 1 aromatic carbocycles. The van der Waals surface area contributed by atoms with Gasteiger partial charge in [-0.2, -0.15) is 0 Å². The van der Waals surface area contributed by atoms with Gasteiger partial charge in [-0.3, -0.25) is 0 Å². The lowest BCUT2D eigenvalue weighted by atomic mass is 9.86. The van der Waals surface area contributed by atoms with Crippen LogP contribution >= 0.6 is 0 Å². The highest BCUT2D eigenvalue weighted by Crippen LogP contribution is 2.40. The summed E-state index contributed by atoms with van der Waals surface area (Å²) in [7, 11) is 0. The molecular formula is C14H18N2O. The van der Waals surface area contributed by atoms with E-state index in [9.17, 15) is 0 Å². The van der Waals surface area contributed by atoms with Gasteiger partial charge in [-0.15, -0.1) is 0 Å². The number of nitrogens with zero attached hydrogens (tertiary/aromatic N) is 1. The zero-order chi connectivity index (χ0) is 11.9. The largest absolute Gasteiger partial charge is 0.440 e. The molecule has 0 unspecified atom stereocenters. The summed E-state index contributed by atoms with van der Waals surface area (Å²) in [4.78, 5) is 4.63. The standard InChI is InChI=1S/C14H18N2O/c1-10-4-5-11-12(8-10)17-13(16-11)14(9-15)6-2-3-7-14/h4-5,8H,2-3,6-7,9,15H2,1H3. The molecule has 0 amide bonds. The second-order valence-electron chi connectivity index (χ2n) is 5.18. The third-order valence-corrected chi connectivity index (χ3v) is 3.95. The fraction of sp³-hybridized carbons (Fsp3) is 0.500. The van der Waals surface area contributed by atoms with Crippen molar-refractivity contribution < 1.29 is 4.42 Å².